The molecule has 0 aliphatic heterocycles. The SMILES string of the molecule is CCCC(=O)Nc1cccc(NC(=O)CNc2ccccc2C(N)=O)c1. The maximum atomic E-state index is 12.1. The summed E-state index contributed by atoms with van der Waals surface area (Å²) in [5, 5.41) is 8.41. The number of nitrogens with two attached hydrogens (primary N) is 1. The van der Waals surface area contributed by atoms with Crippen LogP contribution in [-0.4, -0.2) is 24.3 Å². The lowest BCUT2D eigenvalue weighted by atomic mass is 10.1. The van der Waals surface area contributed by atoms with Crippen LogP contribution in [0.25, 0.3) is 0 Å². The van der Waals surface area contributed by atoms with Crippen molar-refractivity contribution in [2.75, 3.05) is 22.5 Å². The molecule has 0 atom stereocenters. The first kappa shape index (κ1) is 19.0. The summed E-state index contributed by atoms with van der Waals surface area (Å²) in [5.74, 6) is -0.925. The number of benzene rings is 2. The quantitative estimate of drug-likeness (QED) is 0.583. The van der Waals surface area contributed by atoms with Crippen LogP contribution in [0.3, 0.4) is 0 Å². The molecule has 0 bridgehead atoms. The van der Waals surface area contributed by atoms with E-state index in [1.807, 2.05) is 6.92 Å². The van der Waals surface area contributed by atoms with Crippen LogP contribution in [0.5, 0.6) is 0 Å². The average Bonchev–Trinajstić information content (AvgIpc) is 2.60. The third-order valence-electron chi connectivity index (χ3n) is 3.54. The molecule has 0 spiro atoms. The van der Waals surface area contributed by atoms with Gasteiger partial charge in [-0.3, -0.25) is 14.4 Å². The minimum Gasteiger partial charge on any atom is -0.376 e. The second-order valence-corrected chi connectivity index (χ2v) is 5.69. The number of anilines is 3. The highest BCUT2D eigenvalue weighted by atomic mass is 16.2. The molecule has 0 heterocycles. The van der Waals surface area contributed by atoms with Gasteiger partial charge in [-0.2, -0.15) is 0 Å². The summed E-state index contributed by atoms with van der Waals surface area (Å²) in [5.41, 5.74) is 7.31. The molecule has 7 nitrogen and oxygen atoms in total. The van der Waals surface area contributed by atoms with E-state index in [1.165, 1.54) is 0 Å². The molecule has 3 amide bonds. The summed E-state index contributed by atoms with van der Waals surface area (Å²) < 4.78 is 0. The first-order valence-corrected chi connectivity index (χ1v) is 8.32. The number of hydrogen-bond acceptors (Lipinski definition) is 4. The minimum atomic E-state index is -0.566. The lowest BCUT2D eigenvalue weighted by Crippen LogP contribution is -2.23. The van der Waals surface area contributed by atoms with Gasteiger partial charge in [0.15, 0.2) is 0 Å². The number of amides is 3. The van der Waals surface area contributed by atoms with Crippen LogP contribution >= 0.6 is 0 Å². The van der Waals surface area contributed by atoms with Crippen molar-refractivity contribution in [1.29, 1.82) is 0 Å². The van der Waals surface area contributed by atoms with Crippen LogP contribution < -0.4 is 21.7 Å². The normalized spacial score (nSPS) is 10.0. The molecular formula is C19H22N4O3. The number of rotatable bonds is 8. The maximum Gasteiger partial charge on any atom is 0.250 e. The summed E-state index contributed by atoms with van der Waals surface area (Å²) in [7, 11) is 0. The maximum absolute atomic E-state index is 12.1. The van der Waals surface area contributed by atoms with Crippen molar-refractivity contribution >= 4 is 34.8 Å². The molecule has 0 saturated heterocycles. The predicted octanol–water partition coefficient (Wildman–Crippen LogP) is 2.57. The smallest absolute Gasteiger partial charge is 0.250 e. The molecule has 2 aromatic carbocycles. The number of carbonyl (C=O) groups excluding carboxylic acids is 3. The fourth-order valence-corrected chi connectivity index (χ4v) is 2.36. The molecule has 7 heteroatoms. The first-order valence-electron chi connectivity index (χ1n) is 8.32. The van der Waals surface area contributed by atoms with Crippen molar-refractivity contribution in [3.05, 3.63) is 54.1 Å². The highest BCUT2D eigenvalue weighted by Gasteiger charge is 2.09. The van der Waals surface area contributed by atoms with Gasteiger partial charge in [-0.1, -0.05) is 25.1 Å². The zero-order chi connectivity index (χ0) is 18.9. The van der Waals surface area contributed by atoms with Gasteiger partial charge in [0, 0.05) is 23.5 Å². The summed E-state index contributed by atoms with van der Waals surface area (Å²) in [6.07, 6.45) is 1.21. The lowest BCUT2D eigenvalue weighted by Gasteiger charge is -2.11. The number of carbonyl (C=O) groups is 3. The van der Waals surface area contributed by atoms with Gasteiger partial charge in [0.2, 0.25) is 11.8 Å². The summed E-state index contributed by atoms with van der Waals surface area (Å²) in [6.45, 7) is 1.90. The van der Waals surface area contributed by atoms with Gasteiger partial charge < -0.3 is 21.7 Å². The molecule has 0 aromatic heterocycles. The van der Waals surface area contributed by atoms with Crippen molar-refractivity contribution in [3.63, 3.8) is 0 Å². The Morgan fingerprint density at radius 1 is 0.923 bits per heavy atom. The molecule has 5 N–H and O–H groups in total. The van der Waals surface area contributed by atoms with Gasteiger partial charge in [-0.15, -0.1) is 0 Å². The van der Waals surface area contributed by atoms with Gasteiger partial charge in [-0.05, 0) is 36.8 Å². The summed E-state index contributed by atoms with van der Waals surface area (Å²) >= 11 is 0. The first-order chi connectivity index (χ1) is 12.5. The van der Waals surface area contributed by atoms with E-state index in [2.05, 4.69) is 16.0 Å². The monoisotopic (exact) mass is 354 g/mol. The molecule has 26 heavy (non-hydrogen) atoms. The van der Waals surface area contributed by atoms with Crippen LogP contribution in [0.15, 0.2) is 48.5 Å². The van der Waals surface area contributed by atoms with E-state index in [0.29, 0.717) is 29.0 Å². The van der Waals surface area contributed by atoms with Crippen LogP contribution in [-0.2, 0) is 9.59 Å². The number of para-hydroxylation sites is 1. The van der Waals surface area contributed by atoms with Crippen molar-refractivity contribution in [2.24, 2.45) is 5.73 Å². The van der Waals surface area contributed by atoms with Gasteiger partial charge >= 0.3 is 0 Å². The van der Waals surface area contributed by atoms with Gasteiger partial charge in [-0.25, -0.2) is 0 Å². The zero-order valence-corrected chi connectivity index (χ0v) is 14.5. The average molecular weight is 354 g/mol. The highest BCUT2D eigenvalue weighted by Crippen LogP contribution is 2.16. The molecule has 2 aromatic rings. The van der Waals surface area contributed by atoms with E-state index < -0.39 is 5.91 Å². The Bertz CT molecular complexity index is 805. The van der Waals surface area contributed by atoms with Crippen molar-refractivity contribution in [2.45, 2.75) is 19.8 Å². The van der Waals surface area contributed by atoms with E-state index in [4.69, 9.17) is 5.73 Å². The molecule has 0 saturated carbocycles. The number of primary amides is 1. The predicted molar refractivity (Wildman–Crippen MR) is 102 cm³/mol. The second-order valence-electron chi connectivity index (χ2n) is 5.69. The van der Waals surface area contributed by atoms with E-state index >= 15 is 0 Å². The van der Waals surface area contributed by atoms with Crippen LogP contribution in [0, 0.1) is 0 Å². The Labute approximate surface area is 152 Å². The number of hydrogen-bond donors (Lipinski definition) is 4. The summed E-state index contributed by atoms with van der Waals surface area (Å²) in [4.78, 5) is 35.1. The third kappa shape index (κ3) is 5.62. The topological polar surface area (TPSA) is 113 Å². The largest absolute Gasteiger partial charge is 0.376 e. The summed E-state index contributed by atoms with van der Waals surface area (Å²) in [6, 6.07) is 13.6. The molecule has 0 fully saturated rings. The van der Waals surface area contributed by atoms with Crippen molar-refractivity contribution < 1.29 is 14.4 Å². The van der Waals surface area contributed by atoms with E-state index in [1.54, 1.807) is 48.5 Å². The van der Waals surface area contributed by atoms with E-state index in [-0.39, 0.29) is 18.4 Å². The van der Waals surface area contributed by atoms with Gasteiger partial charge in [0.05, 0.1) is 12.1 Å². The molecule has 0 unspecified atom stereocenters. The Balaban J connectivity index is 1.94. The van der Waals surface area contributed by atoms with E-state index in [0.717, 1.165) is 6.42 Å². The zero-order valence-electron chi connectivity index (χ0n) is 14.5. The van der Waals surface area contributed by atoms with Crippen LogP contribution in [0.1, 0.15) is 30.1 Å². The van der Waals surface area contributed by atoms with Crippen molar-refractivity contribution in [1.82, 2.24) is 0 Å². The van der Waals surface area contributed by atoms with Crippen molar-refractivity contribution in [3.8, 4) is 0 Å². The molecular weight excluding hydrogens is 332 g/mol. The Hall–Kier alpha value is -3.35. The third-order valence-corrected chi connectivity index (χ3v) is 3.54. The molecule has 0 aliphatic carbocycles. The Morgan fingerprint density at radius 3 is 2.23 bits per heavy atom. The molecule has 136 valence electrons. The van der Waals surface area contributed by atoms with E-state index in [9.17, 15) is 14.4 Å². The van der Waals surface area contributed by atoms with Gasteiger partial charge in [0.1, 0.15) is 0 Å². The number of nitrogens with one attached hydrogen (secondary N) is 3. The van der Waals surface area contributed by atoms with Gasteiger partial charge in [0.25, 0.3) is 5.91 Å². The Morgan fingerprint density at radius 2 is 1.58 bits per heavy atom. The molecule has 0 aliphatic rings. The fraction of sp³-hybridized carbons (Fsp3) is 0.211. The van der Waals surface area contributed by atoms with Crippen LogP contribution in [0.4, 0.5) is 17.1 Å². The Kier molecular flexibility index (Phi) is 6.73. The molecule has 0 radical (unpaired) electrons. The second kappa shape index (κ2) is 9.22. The standard InChI is InChI=1S/C19H22N4O3/c1-2-6-17(24)22-13-7-5-8-14(11-13)23-18(25)12-21-16-10-4-3-9-15(16)19(20)26/h3-5,7-11,21H,2,6,12H2,1H3,(H2,20,26)(H,22,24)(H,23,25). The fourth-order valence-electron chi connectivity index (χ4n) is 2.36. The minimum absolute atomic E-state index is 0.0310. The lowest BCUT2D eigenvalue weighted by molar-refractivity contribution is -0.116. The van der Waals surface area contributed by atoms with Crippen LogP contribution in [0.2, 0.25) is 0 Å². The highest BCUT2D eigenvalue weighted by molar-refractivity contribution is 6.00. The molecule has 2 rings (SSSR count).